The molecule has 1 N–H and O–H groups in total. The molecule has 0 bridgehead atoms. The van der Waals surface area contributed by atoms with Crippen LogP contribution in [0.5, 0.6) is 0 Å². The van der Waals surface area contributed by atoms with Crippen LogP contribution in [0.1, 0.15) is 46.5 Å². The van der Waals surface area contributed by atoms with Crippen molar-refractivity contribution in [3.8, 4) is 0 Å². The molecule has 0 aliphatic heterocycles. The molecule has 3 nitrogen and oxygen atoms in total. The van der Waals surface area contributed by atoms with E-state index in [1.807, 2.05) is 20.8 Å². The number of hydrogen-bond acceptors (Lipinski definition) is 3. The van der Waals surface area contributed by atoms with Crippen molar-refractivity contribution in [3.05, 3.63) is 0 Å². The van der Waals surface area contributed by atoms with Gasteiger partial charge in [0.25, 0.3) is 0 Å². The second-order valence-corrected chi connectivity index (χ2v) is 5.42. The van der Waals surface area contributed by atoms with Gasteiger partial charge in [0.2, 0.25) is 0 Å². The van der Waals surface area contributed by atoms with Gasteiger partial charge in [-0.15, -0.1) is 0 Å². The minimum atomic E-state index is -0.398. The summed E-state index contributed by atoms with van der Waals surface area (Å²) in [5.74, 6) is 0.496. The lowest BCUT2D eigenvalue weighted by atomic mass is 9.94. The quantitative estimate of drug-likeness (QED) is 0.732. The van der Waals surface area contributed by atoms with Gasteiger partial charge in [-0.3, -0.25) is 4.79 Å². The summed E-state index contributed by atoms with van der Waals surface area (Å²) < 4.78 is 5.27. The largest absolute Gasteiger partial charge is 0.460 e. The predicted octanol–water partition coefficient (Wildman–Crippen LogP) is 2.13. The van der Waals surface area contributed by atoms with Gasteiger partial charge in [-0.05, 0) is 45.4 Å². The van der Waals surface area contributed by atoms with E-state index in [-0.39, 0.29) is 12.6 Å². The first-order valence-corrected chi connectivity index (χ1v) is 5.75. The van der Waals surface area contributed by atoms with Crippen LogP contribution >= 0.6 is 0 Å². The van der Waals surface area contributed by atoms with Gasteiger partial charge >= 0.3 is 5.97 Å². The van der Waals surface area contributed by atoms with Crippen LogP contribution in [0.2, 0.25) is 0 Å². The van der Waals surface area contributed by atoms with Crippen LogP contribution in [-0.2, 0) is 9.53 Å². The lowest BCUT2D eigenvalue weighted by molar-refractivity contribution is -0.156. The van der Waals surface area contributed by atoms with Crippen molar-refractivity contribution in [3.63, 3.8) is 0 Å². The van der Waals surface area contributed by atoms with Crippen molar-refractivity contribution in [2.75, 3.05) is 6.61 Å². The van der Waals surface area contributed by atoms with Crippen molar-refractivity contribution in [2.24, 2.45) is 11.8 Å². The molecule has 0 heterocycles. The summed E-state index contributed by atoms with van der Waals surface area (Å²) in [5.41, 5.74) is -0.398. The molecule has 0 unspecified atom stereocenters. The number of aliphatic hydroxyl groups is 1. The monoisotopic (exact) mass is 214 g/mol. The van der Waals surface area contributed by atoms with Crippen molar-refractivity contribution in [1.29, 1.82) is 0 Å². The van der Waals surface area contributed by atoms with Crippen LogP contribution in [-0.4, -0.2) is 23.3 Å². The Balaban J connectivity index is 2.37. The SMILES string of the molecule is CC(C)(C)OC(=O)C[C@@H]1CCC[C@H]1CO. The molecule has 0 saturated heterocycles. The Bertz CT molecular complexity index is 217. The fourth-order valence-electron chi connectivity index (χ4n) is 2.22. The Morgan fingerprint density at radius 1 is 1.33 bits per heavy atom. The van der Waals surface area contributed by atoms with Gasteiger partial charge in [0.1, 0.15) is 5.60 Å². The highest BCUT2D eigenvalue weighted by molar-refractivity contribution is 5.70. The Hall–Kier alpha value is -0.570. The van der Waals surface area contributed by atoms with E-state index in [9.17, 15) is 4.79 Å². The van der Waals surface area contributed by atoms with Crippen LogP contribution in [0.15, 0.2) is 0 Å². The zero-order valence-electron chi connectivity index (χ0n) is 9.95. The number of rotatable bonds is 3. The second kappa shape index (κ2) is 4.97. The summed E-state index contributed by atoms with van der Waals surface area (Å²) in [6.07, 6.45) is 3.68. The molecule has 1 aliphatic carbocycles. The molecule has 0 radical (unpaired) electrons. The standard InChI is InChI=1S/C12H22O3/c1-12(2,3)15-11(14)7-9-5-4-6-10(9)8-13/h9-10,13H,4-8H2,1-3H3/t9-,10-/m0/s1. The Labute approximate surface area is 91.8 Å². The van der Waals surface area contributed by atoms with Gasteiger partial charge in [0, 0.05) is 13.0 Å². The maximum atomic E-state index is 11.6. The first kappa shape index (κ1) is 12.5. The third kappa shape index (κ3) is 4.20. The highest BCUT2D eigenvalue weighted by Gasteiger charge is 2.30. The summed E-state index contributed by atoms with van der Waals surface area (Å²) in [7, 11) is 0. The normalized spacial score (nSPS) is 26.7. The number of esters is 1. The Morgan fingerprint density at radius 3 is 2.47 bits per heavy atom. The van der Waals surface area contributed by atoms with E-state index < -0.39 is 5.60 Å². The summed E-state index contributed by atoms with van der Waals surface area (Å²) in [5, 5.41) is 9.13. The first-order chi connectivity index (χ1) is 6.92. The van der Waals surface area contributed by atoms with Crippen LogP contribution in [0.3, 0.4) is 0 Å². The van der Waals surface area contributed by atoms with Crippen molar-refractivity contribution in [2.45, 2.75) is 52.1 Å². The third-order valence-corrected chi connectivity index (χ3v) is 2.90. The van der Waals surface area contributed by atoms with E-state index in [2.05, 4.69) is 0 Å². The predicted molar refractivity (Wildman–Crippen MR) is 58.4 cm³/mol. The highest BCUT2D eigenvalue weighted by atomic mass is 16.6. The number of ether oxygens (including phenoxy) is 1. The van der Waals surface area contributed by atoms with Gasteiger partial charge < -0.3 is 9.84 Å². The molecule has 1 saturated carbocycles. The molecule has 1 fully saturated rings. The van der Waals surface area contributed by atoms with Crippen LogP contribution < -0.4 is 0 Å². The molecule has 0 aromatic heterocycles. The molecule has 2 atom stereocenters. The molecule has 15 heavy (non-hydrogen) atoms. The van der Waals surface area contributed by atoms with Gasteiger partial charge in [-0.1, -0.05) is 6.42 Å². The van der Waals surface area contributed by atoms with E-state index in [1.165, 1.54) is 0 Å². The molecule has 0 amide bonds. The van der Waals surface area contributed by atoms with E-state index in [4.69, 9.17) is 9.84 Å². The topological polar surface area (TPSA) is 46.5 Å². The fraction of sp³-hybridized carbons (Fsp3) is 0.917. The van der Waals surface area contributed by atoms with E-state index in [1.54, 1.807) is 0 Å². The maximum Gasteiger partial charge on any atom is 0.306 e. The number of hydrogen-bond donors (Lipinski definition) is 1. The lowest BCUT2D eigenvalue weighted by Crippen LogP contribution is -2.26. The molecule has 1 aliphatic rings. The molecule has 0 spiro atoms. The molecule has 0 aromatic carbocycles. The van der Waals surface area contributed by atoms with Crippen molar-refractivity contribution in [1.82, 2.24) is 0 Å². The van der Waals surface area contributed by atoms with Gasteiger partial charge in [0.05, 0.1) is 0 Å². The molecular formula is C12H22O3. The van der Waals surface area contributed by atoms with E-state index >= 15 is 0 Å². The second-order valence-electron chi connectivity index (χ2n) is 5.42. The maximum absolute atomic E-state index is 11.6. The van der Waals surface area contributed by atoms with E-state index in [0.717, 1.165) is 19.3 Å². The zero-order chi connectivity index (χ0) is 11.5. The minimum Gasteiger partial charge on any atom is -0.460 e. The van der Waals surface area contributed by atoms with Crippen LogP contribution in [0.25, 0.3) is 0 Å². The van der Waals surface area contributed by atoms with Crippen LogP contribution in [0.4, 0.5) is 0 Å². The minimum absolute atomic E-state index is 0.132. The van der Waals surface area contributed by atoms with Gasteiger partial charge in [-0.25, -0.2) is 0 Å². The van der Waals surface area contributed by atoms with Gasteiger partial charge in [-0.2, -0.15) is 0 Å². The zero-order valence-corrected chi connectivity index (χ0v) is 9.95. The molecule has 0 aromatic rings. The third-order valence-electron chi connectivity index (χ3n) is 2.90. The lowest BCUT2D eigenvalue weighted by Gasteiger charge is -2.22. The fourth-order valence-corrected chi connectivity index (χ4v) is 2.22. The summed E-state index contributed by atoms with van der Waals surface area (Å²) in [6, 6.07) is 0. The highest BCUT2D eigenvalue weighted by Crippen LogP contribution is 2.34. The smallest absolute Gasteiger partial charge is 0.306 e. The average molecular weight is 214 g/mol. The Kier molecular flexibility index (Phi) is 4.14. The number of aliphatic hydroxyl groups excluding tert-OH is 1. The average Bonchev–Trinajstić information content (AvgIpc) is 2.48. The van der Waals surface area contributed by atoms with Gasteiger partial charge in [0.15, 0.2) is 0 Å². The number of carbonyl (C=O) groups is 1. The first-order valence-electron chi connectivity index (χ1n) is 5.75. The Morgan fingerprint density at radius 2 is 1.93 bits per heavy atom. The molecular weight excluding hydrogens is 192 g/mol. The molecule has 1 rings (SSSR count). The summed E-state index contributed by atoms with van der Waals surface area (Å²) >= 11 is 0. The summed E-state index contributed by atoms with van der Waals surface area (Å²) in [4.78, 5) is 11.6. The summed E-state index contributed by atoms with van der Waals surface area (Å²) in [6.45, 7) is 5.84. The number of carbonyl (C=O) groups excluding carboxylic acids is 1. The van der Waals surface area contributed by atoms with Crippen molar-refractivity contribution >= 4 is 5.97 Å². The molecule has 3 heteroatoms. The van der Waals surface area contributed by atoms with Crippen molar-refractivity contribution < 1.29 is 14.6 Å². The van der Waals surface area contributed by atoms with E-state index in [0.29, 0.717) is 18.3 Å². The van der Waals surface area contributed by atoms with Crippen LogP contribution in [0, 0.1) is 11.8 Å². The molecule has 88 valence electrons.